The zero-order valence-corrected chi connectivity index (χ0v) is 22.1. The molecule has 6 heterocycles. The summed E-state index contributed by atoms with van der Waals surface area (Å²) in [5.41, 5.74) is 11.0. The van der Waals surface area contributed by atoms with E-state index in [4.69, 9.17) is 30.0 Å². The van der Waals surface area contributed by atoms with Crippen molar-refractivity contribution in [1.29, 1.82) is 0 Å². The summed E-state index contributed by atoms with van der Waals surface area (Å²) in [6, 6.07) is 0. The van der Waals surface area contributed by atoms with Gasteiger partial charge in [0, 0.05) is 0 Å². The van der Waals surface area contributed by atoms with Crippen LogP contribution in [0.4, 0.5) is 11.8 Å². The summed E-state index contributed by atoms with van der Waals surface area (Å²) in [4.78, 5) is 44.9. The molecule has 3 unspecified atom stereocenters. The molecule has 22 heteroatoms. The summed E-state index contributed by atoms with van der Waals surface area (Å²) in [6.45, 7) is -1.44. The highest BCUT2D eigenvalue weighted by atomic mass is 31.2. The van der Waals surface area contributed by atoms with Crippen molar-refractivity contribution in [3.8, 4) is 0 Å². The predicted molar refractivity (Wildman–Crippen MR) is 136 cm³/mol. The molecule has 21 nitrogen and oxygen atoms in total. The third kappa shape index (κ3) is 4.80. The van der Waals surface area contributed by atoms with Gasteiger partial charge in [-0.3, -0.25) is 28.0 Å². The van der Waals surface area contributed by atoms with E-state index in [1.54, 1.807) is 0 Å². The average molecular weight is 612 g/mol. The Labute approximate surface area is 232 Å². The van der Waals surface area contributed by atoms with E-state index in [1.807, 2.05) is 0 Å². The van der Waals surface area contributed by atoms with Crippen LogP contribution in [-0.4, -0.2) is 114 Å². The molecular weight excluding hydrogens is 587 g/mol. The van der Waals surface area contributed by atoms with E-state index < -0.39 is 75.7 Å². The molecule has 2 saturated heterocycles. The number of anilines is 2. The lowest BCUT2D eigenvalue weighted by Gasteiger charge is -2.24. The summed E-state index contributed by atoms with van der Waals surface area (Å²) in [7, 11) is -5.06. The van der Waals surface area contributed by atoms with Gasteiger partial charge in [0.15, 0.2) is 35.1 Å². The van der Waals surface area contributed by atoms with E-state index in [0.717, 1.165) is 10.9 Å². The van der Waals surface area contributed by atoms with Gasteiger partial charge >= 0.3 is 7.82 Å². The lowest BCUT2D eigenvalue weighted by Crippen LogP contribution is -2.36. The topological polar surface area (TPSA) is 314 Å². The summed E-state index contributed by atoms with van der Waals surface area (Å²) < 4.78 is 37.0. The number of nitrogens with zero attached hydrogens (tertiary/aromatic N) is 7. The van der Waals surface area contributed by atoms with E-state index >= 15 is 0 Å². The number of phosphoric ester groups is 1. The minimum absolute atomic E-state index is 0.0830. The fourth-order valence-electron chi connectivity index (χ4n) is 4.84. The molecule has 4 aromatic heterocycles. The molecule has 0 saturated carbocycles. The molecule has 42 heavy (non-hydrogen) atoms. The third-order valence-corrected chi connectivity index (χ3v) is 7.86. The molecule has 6 rings (SSSR count). The Bertz CT molecular complexity index is 1730. The Kier molecular flexibility index (Phi) is 7.17. The van der Waals surface area contributed by atoms with Gasteiger partial charge in [-0.15, -0.1) is 0 Å². The standard InChI is InChI=1S/C20H25N10O11P/c21-14-8-15(24-3-23-14)29(4-25-8)18-12(34)10(32)7(40-18)2-38-42(36,37)41-13-11(33)6(1-31)39-19(13)30-5-26-9-16(30)27-20(22)28-17(9)35/h3-7,10-13,18-19,31-34H,1-2H2,(H,36,37)(H2,21,23,24)(H3,22,27,28,35)/t6-,7-,10+,11+,12?,13?,18-,19-/m1/s1. The largest absolute Gasteiger partial charge is 0.472 e. The maximum absolute atomic E-state index is 13.0. The van der Waals surface area contributed by atoms with Crippen LogP contribution in [0.1, 0.15) is 12.5 Å². The van der Waals surface area contributed by atoms with Gasteiger partial charge in [-0.25, -0.2) is 24.5 Å². The summed E-state index contributed by atoms with van der Waals surface area (Å²) in [6.07, 6.45) is -8.05. The van der Waals surface area contributed by atoms with Gasteiger partial charge in [0.05, 0.1) is 25.9 Å². The normalized spacial score (nSPS) is 31.3. The van der Waals surface area contributed by atoms with Gasteiger partial charge in [0.2, 0.25) is 5.95 Å². The number of imidazole rings is 2. The smallest absolute Gasteiger partial charge is 0.394 e. The number of H-pyrrole nitrogens is 1. The number of phosphoric acid groups is 1. The molecule has 0 radical (unpaired) electrons. The number of aliphatic hydroxyl groups excluding tert-OH is 4. The van der Waals surface area contributed by atoms with Crippen molar-refractivity contribution >= 4 is 41.9 Å². The summed E-state index contributed by atoms with van der Waals surface area (Å²) in [5.74, 6) is -0.171. The molecule has 2 aliphatic heterocycles. The molecule has 9 atom stereocenters. The van der Waals surface area contributed by atoms with Gasteiger partial charge in [-0.05, 0) is 0 Å². The Morgan fingerprint density at radius 2 is 1.64 bits per heavy atom. The Hall–Kier alpha value is -3.63. The highest BCUT2D eigenvalue weighted by Gasteiger charge is 2.50. The number of aliphatic hydroxyl groups is 4. The molecule has 2 fully saturated rings. The Balaban J connectivity index is 1.19. The lowest BCUT2D eigenvalue weighted by atomic mass is 10.1. The number of rotatable bonds is 8. The van der Waals surface area contributed by atoms with Crippen molar-refractivity contribution < 1.29 is 48.4 Å². The van der Waals surface area contributed by atoms with Gasteiger partial charge in [0.1, 0.15) is 48.5 Å². The first-order chi connectivity index (χ1) is 20.0. The molecule has 0 amide bonds. The van der Waals surface area contributed by atoms with E-state index in [-0.39, 0.29) is 34.1 Å². The Morgan fingerprint density at radius 1 is 0.952 bits per heavy atom. The minimum atomic E-state index is -5.06. The van der Waals surface area contributed by atoms with Gasteiger partial charge in [0.25, 0.3) is 5.56 Å². The van der Waals surface area contributed by atoms with Crippen molar-refractivity contribution in [1.82, 2.24) is 39.0 Å². The first-order valence-corrected chi connectivity index (χ1v) is 13.8. The van der Waals surface area contributed by atoms with Crippen molar-refractivity contribution in [2.24, 2.45) is 0 Å². The van der Waals surface area contributed by atoms with Crippen molar-refractivity contribution in [3.63, 3.8) is 0 Å². The maximum atomic E-state index is 13.0. The summed E-state index contributed by atoms with van der Waals surface area (Å²) >= 11 is 0. The number of hydrogen-bond donors (Lipinski definition) is 8. The lowest BCUT2D eigenvalue weighted by molar-refractivity contribution is -0.0615. The highest BCUT2D eigenvalue weighted by Crippen LogP contribution is 2.50. The van der Waals surface area contributed by atoms with E-state index in [9.17, 15) is 34.7 Å². The van der Waals surface area contributed by atoms with Gasteiger partial charge in [-0.1, -0.05) is 0 Å². The molecule has 0 spiro atoms. The predicted octanol–water partition coefficient (Wildman–Crippen LogP) is -3.50. The van der Waals surface area contributed by atoms with Crippen LogP contribution in [0.3, 0.4) is 0 Å². The number of hydrogen-bond acceptors (Lipinski definition) is 17. The van der Waals surface area contributed by atoms with Crippen LogP contribution in [0.25, 0.3) is 22.3 Å². The molecule has 226 valence electrons. The number of aromatic nitrogens is 8. The second-order valence-corrected chi connectivity index (χ2v) is 10.9. The van der Waals surface area contributed by atoms with Gasteiger partial charge in [-0.2, -0.15) is 4.98 Å². The van der Waals surface area contributed by atoms with E-state index in [2.05, 4.69) is 29.9 Å². The zero-order valence-electron chi connectivity index (χ0n) is 21.2. The van der Waals surface area contributed by atoms with Crippen LogP contribution in [0.15, 0.2) is 23.8 Å². The second kappa shape index (κ2) is 10.6. The number of aromatic amines is 1. The second-order valence-electron chi connectivity index (χ2n) is 9.48. The van der Waals surface area contributed by atoms with Crippen LogP contribution in [0.5, 0.6) is 0 Å². The molecule has 10 N–H and O–H groups in total. The molecule has 0 bridgehead atoms. The maximum Gasteiger partial charge on any atom is 0.472 e. The van der Waals surface area contributed by atoms with Crippen LogP contribution in [0, 0.1) is 0 Å². The van der Waals surface area contributed by atoms with Crippen LogP contribution in [-0.2, 0) is 23.1 Å². The number of nitrogen functional groups attached to an aromatic ring is 2. The first-order valence-electron chi connectivity index (χ1n) is 12.3. The van der Waals surface area contributed by atoms with Crippen LogP contribution in [0.2, 0.25) is 0 Å². The molecule has 0 aromatic carbocycles. The fraction of sp³-hybridized carbons (Fsp3) is 0.500. The quantitative estimate of drug-likeness (QED) is 0.0894. The minimum Gasteiger partial charge on any atom is -0.394 e. The van der Waals surface area contributed by atoms with Crippen LogP contribution < -0.4 is 17.0 Å². The zero-order chi connectivity index (χ0) is 29.9. The fourth-order valence-corrected chi connectivity index (χ4v) is 5.77. The van der Waals surface area contributed by atoms with Crippen molar-refractivity contribution in [2.45, 2.75) is 49.1 Å². The Morgan fingerprint density at radius 3 is 2.38 bits per heavy atom. The monoisotopic (exact) mass is 612 g/mol. The number of ether oxygens (including phenoxy) is 2. The van der Waals surface area contributed by atoms with Crippen molar-refractivity contribution in [3.05, 3.63) is 29.3 Å². The first kappa shape index (κ1) is 28.5. The average Bonchev–Trinajstić information content (AvgIpc) is 3.69. The number of fused-ring (bicyclic) bond motifs is 2. The van der Waals surface area contributed by atoms with Crippen LogP contribution >= 0.6 is 7.82 Å². The SMILES string of the molecule is Nc1nc2c(ncn2[C@@H]2O[C@H](CO)[C@H](O)C2OP(=O)(O)OC[C@H]2O[C@@H](n3cnc4c(N)ncnc43)C(O)[C@H]2O)c(=O)[nH]1. The van der Waals surface area contributed by atoms with E-state index in [0.29, 0.717) is 0 Å². The molecule has 4 aromatic rings. The van der Waals surface area contributed by atoms with E-state index in [1.165, 1.54) is 17.2 Å². The number of nitrogens with one attached hydrogen (secondary N) is 1. The van der Waals surface area contributed by atoms with Gasteiger partial charge < -0.3 is 46.3 Å². The molecule has 2 aliphatic rings. The highest BCUT2D eigenvalue weighted by molar-refractivity contribution is 7.47. The summed E-state index contributed by atoms with van der Waals surface area (Å²) in [5, 5.41) is 41.5. The van der Waals surface area contributed by atoms with Crippen molar-refractivity contribution in [2.75, 3.05) is 24.7 Å². The molecule has 0 aliphatic carbocycles. The number of nitrogens with two attached hydrogens (primary N) is 2. The third-order valence-electron chi connectivity index (χ3n) is 6.87. The molecular formula is C20H25N10O11P.